The number of benzene rings is 1. The number of aldehydes is 1. The summed E-state index contributed by atoms with van der Waals surface area (Å²) in [4.78, 5) is 13.0. The molecule has 0 N–H and O–H groups in total. The molecule has 1 aromatic carbocycles. The van der Waals surface area contributed by atoms with Crippen LogP contribution in [0.25, 0.3) is 5.69 Å². The molecule has 0 bridgehead atoms. The second-order valence-electron chi connectivity index (χ2n) is 4.28. The number of carbonyl (C=O) groups is 1. The van der Waals surface area contributed by atoms with Gasteiger partial charge in [0, 0.05) is 18.8 Å². The van der Waals surface area contributed by atoms with E-state index in [4.69, 9.17) is 0 Å². The van der Waals surface area contributed by atoms with Gasteiger partial charge in [-0.05, 0) is 45.0 Å². The fourth-order valence-corrected chi connectivity index (χ4v) is 2.09. The highest BCUT2D eigenvalue weighted by molar-refractivity contribution is 5.73. The summed E-state index contributed by atoms with van der Waals surface area (Å²) in [6.07, 6.45) is 0.725. The number of nitrogens with zero attached hydrogens (tertiary/aromatic N) is 4. The molecule has 0 saturated carbocycles. The largest absolute Gasteiger partial charge is 0.372 e. The molecular formula is C14H18N4O. The molecule has 2 rings (SSSR count). The topological polar surface area (TPSA) is 51.0 Å². The number of hydrogen-bond acceptors (Lipinski definition) is 4. The van der Waals surface area contributed by atoms with Crippen molar-refractivity contribution in [3.05, 3.63) is 35.7 Å². The average Bonchev–Trinajstić information content (AvgIpc) is 2.82. The summed E-state index contributed by atoms with van der Waals surface area (Å²) in [7, 11) is 0. The molecule has 1 aromatic heterocycles. The van der Waals surface area contributed by atoms with Crippen LogP contribution in [0, 0.1) is 6.92 Å². The highest BCUT2D eigenvalue weighted by atomic mass is 16.1. The van der Waals surface area contributed by atoms with Crippen LogP contribution in [0.2, 0.25) is 0 Å². The Labute approximate surface area is 112 Å². The Balaban J connectivity index is 2.32. The van der Waals surface area contributed by atoms with Crippen molar-refractivity contribution in [2.45, 2.75) is 20.8 Å². The minimum Gasteiger partial charge on any atom is -0.372 e. The lowest BCUT2D eigenvalue weighted by molar-refractivity contribution is 0.111. The lowest BCUT2D eigenvalue weighted by Gasteiger charge is -2.21. The zero-order valence-electron chi connectivity index (χ0n) is 11.5. The number of hydrogen-bond donors (Lipinski definition) is 0. The van der Waals surface area contributed by atoms with Gasteiger partial charge in [-0.2, -0.15) is 0 Å². The SMILES string of the molecule is CCN(CC)c1ccc(-n2nnc(C=O)c2C)cc1. The molecular weight excluding hydrogens is 240 g/mol. The first kappa shape index (κ1) is 13.3. The van der Waals surface area contributed by atoms with Crippen LogP contribution in [0.1, 0.15) is 30.0 Å². The van der Waals surface area contributed by atoms with Gasteiger partial charge in [0.2, 0.25) is 0 Å². The second kappa shape index (κ2) is 5.65. The molecule has 100 valence electrons. The summed E-state index contributed by atoms with van der Waals surface area (Å²) in [6, 6.07) is 8.10. The fraction of sp³-hybridized carbons (Fsp3) is 0.357. The van der Waals surface area contributed by atoms with Crippen molar-refractivity contribution in [2.75, 3.05) is 18.0 Å². The minimum absolute atomic E-state index is 0.382. The molecule has 2 aromatic rings. The van der Waals surface area contributed by atoms with Crippen LogP contribution in [0.5, 0.6) is 0 Å². The van der Waals surface area contributed by atoms with Crippen LogP contribution in [-0.2, 0) is 0 Å². The first-order valence-corrected chi connectivity index (χ1v) is 6.44. The van der Waals surface area contributed by atoms with E-state index in [2.05, 4.69) is 41.2 Å². The quantitative estimate of drug-likeness (QED) is 0.772. The van der Waals surface area contributed by atoms with Crippen molar-refractivity contribution in [1.82, 2.24) is 15.0 Å². The Kier molecular flexibility index (Phi) is 3.94. The molecule has 0 aliphatic rings. The molecule has 0 spiro atoms. The summed E-state index contributed by atoms with van der Waals surface area (Å²) in [5.74, 6) is 0. The van der Waals surface area contributed by atoms with Gasteiger partial charge in [0.1, 0.15) is 5.69 Å². The molecule has 0 saturated heterocycles. The van der Waals surface area contributed by atoms with Crippen molar-refractivity contribution in [1.29, 1.82) is 0 Å². The van der Waals surface area contributed by atoms with Gasteiger partial charge in [0.25, 0.3) is 0 Å². The molecule has 0 unspecified atom stereocenters. The monoisotopic (exact) mass is 258 g/mol. The van der Waals surface area contributed by atoms with Crippen molar-refractivity contribution >= 4 is 12.0 Å². The van der Waals surface area contributed by atoms with Gasteiger partial charge < -0.3 is 4.90 Å². The summed E-state index contributed by atoms with van der Waals surface area (Å²) in [6.45, 7) is 8.06. The zero-order valence-corrected chi connectivity index (χ0v) is 11.5. The predicted molar refractivity (Wildman–Crippen MR) is 75.0 cm³/mol. The molecule has 0 amide bonds. The minimum atomic E-state index is 0.382. The van der Waals surface area contributed by atoms with E-state index in [9.17, 15) is 4.79 Å². The second-order valence-corrected chi connectivity index (χ2v) is 4.28. The number of anilines is 1. The molecule has 0 radical (unpaired) electrons. The van der Waals surface area contributed by atoms with Crippen molar-refractivity contribution in [3.8, 4) is 5.69 Å². The van der Waals surface area contributed by atoms with Gasteiger partial charge in [0.05, 0.1) is 11.4 Å². The number of carbonyl (C=O) groups excluding carboxylic acids is 1. The summed E-state index contributed by atoms with van der Waals surface area (Å²) in [5, 5.41) is 7.83. The van der Waals surface area contributed by atoms with Crippen molar-refractivity contribution < 1.29 is 4.79 Å². The molecule has 0 fully saturated rings. The van der Waals surface area contributed by atoms with Crippen molar-refractivity contribution in [2.24, 2.45) is 0 Å². The predicted octanol–water partition coefficient (Wildman–Crippen LogP) is 2.23. The van der Waals surface area contributed by atoms with Crippen molar-refractivity contribution in [3.63, 3.8) is 0 Å². The Bertz CT molecular complexity index is 555. The third-order valence-corrected chi connectivity index (χ3v) is 3.26. The van der Waals surface area contributed by atoms with E-state index >= 15 is 0 Å². The Hall–Kier alpha value is -2.17. The van der Waals surface area contributed by atoms with E-state index in [1.165, 1.54) is 5.69 Å². The maximum absolute atomic E-state index is 10.8. The zero-order chi connectivity index (χ0) is 13.8. The summed E-state index contributed by atoms with van der Waals surface area (Å²) < 4.78 is 1.68. The Morgan fingerprint density at radius 1 is 1.21 bits per heavy atom. The first-order chi connectivity index (χ1) is 9.21. The first-order valence-electron chi connectivity index (χ1n) is 6.44. The average molecular weight is 258 g/mol. The van der Waals surface area contributed by atoms with E-state index < -0.39 is 0 Å². The van der Waals surface area contributed by atoms with Gasteiger partial charge in [-0.1, -0.05) is 5.21 Å². The number of rotatable bonds is 5. The molecule has 19 heavy (non-hydrogen) atoms. The molecule has 1 heterocycles. The van der Waals surface area contributed by atoms with Crippen LogP contribution in [0.3, 0.4) is 0 Å². The standard InChI is InChI=1S/C14H18N4O/c1-4-17(5-2)12-6-8-13(9-7-12)18-11(3)14(10-19)15-16-18/h6-10H,4-5H2,1-3H3. The fourth-order valence-electron chi connectivity index (χ4n) is 2.09. The highest BCUT2D eigenvalue weighted by Crippen LogP contribution is 2.18. The summed E-state index contributed by atoms with van der Waals surface area (Å²) in [5.41, 5.74) is 3.23. The van der Waals surface area contributed by atoms with Gasteiger partial charge in [-0.15, -0.1) is 5.10 Å². The van der Waals surface area contributed by atoms with E-state index in [-0.39, 0.29) is 0 Å². The van der Waals surface area contributed by atoms with E-state index in [1.54, 1.807) is 4.68 Å². The van der Waals surface area contributed by atoms with E-state index in [0.29, 0.717) is 5.69 Å². The normalized spacial score (nSPS) is 10.5. The van der Waals surface area contributed by atoms with Gasteiger partial charge >= 0.3 is 0 Å². The number of aromatic nitrogens is 3. The highest BCUT2D eigenvalue weighted by Gasteiger charge is 2.09. The third-order valence-electron chi connectivity index (χ3n) is 3.26. The van der Waals surface area contributed by atoms with Gasteiger partial charge in [0.15, 0.2) is 6.29 Å². The Morgan fingerprint density at radius 2 is 1.84 bits per heavy atom. The van der Waals surface area contributed by atoms with Crippen LogP contribution >= 0.6 is 0 Å². The van der Waals surface area contributed by atoms with Crippen LogP contribution < -0.4 is 4.90 Å². The van der Waals surface area contributed by atoms with E-state index in [1.807, 2.05) is 19.1 Å². The van der Waals surface area contributed by atoms with Gasteiger partial charge in [-0.3, -0.25) is 4.79 Å². The van der Waals surface area contributed by atoms with Crippen LogP contribution in [-0.4, -0.2) is 34.4 Å². The molecule has 0 atom stereocenters. The maximum atomic E-state index is 10.8. The molecule has 0 aliphatic heterocycles. The molecule has 5 heteroatoms. The van der Waals surface area contributed by atoms with E-state index in [0.717, 1.165) is 30.8 Å². The maximum Gasteiger partial charge on any atom is 0.172 e. The molecule has 0 aliphatic carbocycles. The smallest absolute Gasteiger partial charge is 0.172 e. The third kappa shape index (κ3) is 2.50. The lowest BCUT2D eigenvalue weighted by Crippen LogP contribution is -2.21. The summed E-state index contributed by atoms with van der Waals surface area (Å²) >= 11 is 0. The lowest BCUT2D eigenvalue weighted by atomic mass is 10.2. The van der Waals surface area contributed by atoms with Gasteiger partial charge in [-0.25, -0.2) is 4.68 Å². The van der Waals surface area contributed by atoms with Crippen LogP contribution in [0.15, 0.2) is 24.3 Å². The molecule has 5 nitrogen and oxygen atoms in total. The Morgan fingerprint density at radius 3 is 2.32 bits per heavy atom. The van der Waals surface area contributed by atoms with Crippen LogP contribution in [0.4, 0.5) is 5.69 Å².